The van der Waals surface area contributed by atoms with Crippen molar-refractivity contribution in [1.29, 1.82) is 0 Å². The van der Waals surface area contributed by atoms with Gasteiger partial charge in [-0.1, -0.05) is 23.2 Å². The van der Waals surface area contributed by atoms with E-state index in [0.717, 1.165) is 0 Å². The maximum atomic E-state index is 12.1. The SMILES string of the molecule is O=Cc1ccc(OS(=O)(=O)c2cc(Cl)ccc2Cl)cc1. The quantitative estimate of drug-likeness (QED) is 0.635. The van der Waals surface area contributed by atoms with Crippen LogP contribution in [0.25, 0.3) is 0 Å². The van der Waals surface area contributed by atoms with Gasteiger partial charge in [0.25, 0.3) is 0 Å². The Morgan fingerprint density at radius 3 is 2.25 bits per heavy atom. The topological polar surface area (TPSA) is 60.4 Å². The lowest BCUT2D eigenvalue weighted by Gasteiger charge is -2.08. The Balaban J connectivity index is 2.35. The van der Waals surface area contributed by atoms with Crippen LogP contribution in [0.15, 0.2) is 47.4 Å². The van der Waals surface area contributed by atoms with E-state index in [1.807, 2.05) is 0 Å². The molecule has 0 bridgehead atoms. The van der Waals surface area contributed by atoms with Crippen molar-refractivity contribution in [2.45, 2.75) is 4.90 Å². The van der Waals surface area contributed by atoms with E-state index in [1.165, 1.54) is 42.5 Å². The predicted molar refractivity (Wildman–Crippen MR) is 76.1 cm³/mol. The second-order valence-electron chi connectivity index (χ2n) is 3.80. The van der Waals surface area contributed by atoms with Crippen LogP contribution in [0.1, 0.15) is 10.4 Å². The van der Waals surface area contributed by atoms with Crippen molar-refractivity contribution in [2.24, 2.45) is 0 Å². The maximum Gasteiger partial charge on any atom is 0.340 e. The highest BCUT2D eigenvalue weighted by atomic mass is 35.5. The van der Waals surface area contributed by atoms with Crippen LogP contribution in [0.3, 0.4) is 0 Å². The van der Waals surface area contributed by atoms with Crippen molar-refractivity contribution in [2.75, 3.05) is 0 Å². The van der Waals surface area contributed by atoms with Gasteiger partial charge >= 0.3 is 10.1 Å². The molecule has 0 saturated heterocycles. The van der Waals surface area contributed by atoms with Crippen molar-refractivity contribution < 1.29 is 17.4 Å². The number of benzene rings is 2. The zero-order valence-electron chi connectivity index (χ0n) is 9.92. The van der Waals surface area contributed by atoms with Gasteiger partial charge < -0.3 is 4.18 Å². The molecule has 0 aliphatic heterocycles. The van der Waals surface area contributed by atoms with Crippen molar-refractivity contribution >= 4 is 39.6 Å². The van der Waals surface area contributed by atoms with Gasteiger partial charge in [0.05, 0.1) is 5.02 Å². The van der Waals surface area contributed by atoms with Crippen LogP contribution in [0, 0.1) is 0 Å². The summed E-state index contributed by atoms with van der Waals surface area (Å²) in [7, 11) is -4.09. The molecule has 0 aliphatic rings. The standard InChI is InChI=1S/C13H8Cl2O4S/c14-10-3-6-12(15)13(7-10)20(17,18)19-11-4-1-9(8-16)2-5-11/h1-8H. The number of carbonyl (C=O) groups is 1. The molecule has 0 aromatic heterocycles. The summed E-state index contributed by atoms with van der Waals surface area (Å²) in [4.78, 5) is 10.3. The average Bonchev–Trinajstić information content (AvgIpc) is 2.42. The van der Waals surface area contributed by atoms with Crippen LogP contribution < -0.4 is 4.18 Å². The Kier molecular flexibility index (Phi) is 4.32. The Labute approximate surface area is 126 Å². The van der Waals surface area contributed by atoms with Crippen LogP contribution >= 0.6 is 23.2 Å². The molecule has 0 aliphatic carbocycles. The largest absolute Gasteiger partial charge is 0.379 e. The van der Waals surface area contributed by atoms with Gasteiger partial charge in [-0.15, -0.1) is 0 Å². The van der Waals surface area contributed by atoms with Gasteiger partial charge in [0.1, 0.15) is 16.9 Å². The summed E-state index contributed by atoms with van der Waals surface area (Å²) in [5.41, 5.74) is 0.413. The summed E-state index contributed by atoms with van der Waals surface area (Å²) in [5, 5.41) is 0.242. The molecule has 0 amide bonds. The third kappa shape index (κ3) is 3.30. The number of hydrogen-bond acceptors (Lipinski definition) is 4. The van der Waals surface area contributed by atoms with E-state index < -0.39 is 10.1 Å². The van der Waals surface area contributed by atoms with E-state index >= 15 is 0 Å². The van der Waals surface area contributed by atoms with E-state index in [1.54, 1.807) is 0 Å². The lowest BCUT2D eigenvalue weighted by molar-refractivity contribution is 0.112. The fourth-order valence-electron chi connectivity index (χ4n) is 1.44. The average molecular weight is 331 g/mol. The summed E-state index contributed by atoms with van der Waals surface area (Å²) in [5.74, 6) is 0.0756. The molecule has 0 spiro atoms. The lowest BCUT2D eigenvalue weighted by Crippen LogP contribution is -2.10. The molecule has 0 unspecified atom stereocenters. The van der Waals surface area contributed by atoms with Gasteiger partial charge in [-0.2, -0.15) is 8.42 Å². The fourth-order valence-corrected chi connectivity index (χ4v) is 3.11. The smallest absolute Gasteiger partial charge is 0.340 e. The summed E-state index contributed by atoms with van der Waals surface area (Å²) in [6.45, 7) is 0. The second kappa shape index (κ2) is 5.83. The summed E-state index contributed by atoms with van der Waals surface area (Å²) in [6, 6.07) is 9.69. The molecular weight excluding hydrogens is 323 g/mol. The molecule has 0 saturated carbocycles. The van der Waals surface area contributed by atoms with E-state index in [-0.39, 0.29) is 20.7 Å². The van der Waals surface area contributed by atoms with Crippen LogP contribution in [0.2, 0.25) is 10.0 Å². The van der Waals surface area contributed by atoms with Crippen LogP contribution in [-0.2, 0) is 10.1 Å². The minimum atomic E-state index is -4.09. The molecule has 2 aromatic carbocycles. The Morgan fingerprint density at radius 1 is 1.00 bits per heavy atom. The van der Waals surface area contributed by atoms with Gasteiger partial charge in [-0.25, -0.2) is 0 Å². The number of halogens is 2. The second-order valence-corrected chi connectivity index (χ2v) is 6.16. The number of carbonyl (C=O) groups excluding carboxylic acids is 1. The molecule has 104 valence electrons. The zero-order valence-corrected chi connectivity index (χ0v) is 12.2. The lowest BCUT2D eigenvalue weighted by atomic mass is 10.2. The first-order valence-corrected chi connectivity index (χ1v) is 7.53. The first-order chi connectivity index (χ1) is 9.42. The van der Waals surface area contributed by atoms with Gasteiger partial charge in [-0.05, 0) is 42.5 Å². The van der Waals surface area contributed by atoms with Gasteiger partial charge in [0.15, 0.2) is 0 Å². The minimum absolute atomic E-state index is 0.0129. The number of hydrogen-bond donors (Lipinski definition) is 0. The molecule has 7 heteroatoms. The molecule has 4 nitrogen and oxygen atoms in total. The predicted octanol–water partition coefficient (Wildman–Crippen LogP) is 3.57. The molecule has 2 rings (SSSR count). The molecule has 2 aromatic rings. The van der Waals surface area contributed by atoms with E-state index in [0.29, 0.717) is 11.8 Å². The molecule has 0 heterocycles. The Bertz CT molecular complexity index is 739. The molecular formula is C13H8Cl2O4S. The molecule has 0 radical (unpaired) electrons. The summed E-state index contributed by atoms with van der Waals surface area (Å²) in [6.07, 6.45) is 0.645. The summed E-state index contributed by atoms with van der Waals surface area (Å²) < 4.78 is 29.1. The number of aldehydes is 1. The highest BCUT2D eigenvalue weighted by molar-refractivity contribution is 7.87. The summed E-state index contributed by atoms with van der Waals surface area (Å²) >= 11 is 11.6. The Hall–Kier alpha value is -1.56. The van der Waals surface area contributed by atoms with Crippen molar-refractivity contribution in [1.82, 2.24) is 0 Å². The zero-order chi connectivity index (χ0) is 14.8. The van der Waals surface area contributed by atoms with Crippen LogP contribution in [-0.4, -0.2) is 14.7 Å². The van der Waals surface area contributed by atoms with Gasteiger partial charge in [0.2, 0.25) is 0 Å². The van der Waals surface area contributed by atoms with E-state index in [9.17, 15) is 13.2 Å². The fraction of sp³-hybridized carbons (Fsp3) is 0. The highest BCUT2D eigenvalue weighted by Gasteiger charge is 2.20. The monoisotopic (exact) mass is 330 g/mol. The Morgan fingerprint density at radius 2 is 1.65 bits per heavy atom. The van der Waals surface area contributed by atoms with Gasteiger partial charge in [-0.3, -0.25) is 4.79 Å². The third-order valence-corrected chi connectivity index (χ3v) is 4.35. The van der Waals surface area contributed by atoms with Crippen molar-refractivity contribution in [3.63, 3.8) is 0 Å². The highest BCUT2D eigenvalue weighted by Crippen LogP contribution is 2.27. The molecule has 20 heavy (non-hydrogen) atoms. The molecule has 0 atom stereocenters. The third-order valence-electron chi connectivity index (χ3n) is 2.38. The van der Waals surface area contributed by atoms with Crippen LogP contribution in [0.4, 0.5) is 0 Å². The maximum absolute atomic E-state index is 12.1. The van der Waals surface area contributed by atoms with Crippen molar-refractivity contribution in [3.8, 4) is 5.75 Å². The minimum Gasteiger partial charge on any atom is -0.379 e. The van der Waals surface area contributed by atoms with Crippen LogP contribution in [0.5, 0.6) is 5.75 Å². The first-order valence-electron chi connectivity index (χ1n) is 5.37. The number of rotatable bonds is 4. The normalized spacial score (nSPS) is 11.1. The van der Waals surface area contributed by atoms with Crippen molar-refractivity contribution in [3.05, 3.63) is 58.1 Å². The first kappa shape index (κ1) is 14.8. The molecule has 0 N–H and O–H groups in total. The van der Waals surface area contributed by atoms with E-state index in [4.69, 9.17) is 27.4 Å². The van der Waals surface area contributed by atoms with E-state index in [2.05, 4.69) is 0 Å². The molecule has 0 fully saturated rings. The van der Waals surface area contributed by atoms with Gasteiger partial charge in [0, 0.05) is 10.6 Å².